The van der Waals surface area contributed by atoms with Crippen LogP contribution in [0.15, 0.2) is 54.6 Å². The molecule has 0 unspecified atom stereocenters. The quantitative estimate of drug-likeness (QED) is 0.814. The van der Waals surface area contributed by atoms with Crippen LogP contribution in [0.1, 0.15) is 18.9 Å². The summed E-state index contributed by atoms with van der Waals surface area (Å²) in [7, 11) is 0. The standard InChI is InChI=1S/C16H16ClNO/c1-2-16(19)18(12-13-6-4-3-5-7-13)15-10-8-14(17)9-11-15/h3-11H,2,12H2,1H3. The van der Waals surface area contributed by atoms with Crippen molar-refractivity contribution in [2.75, 3.05) is 4.90 Å². The van der Waals surface area contributed by atoms with E-state index in [4.69, 9.17) is 11.6 Å². The maximum Gasteiger partial charge on any atom is 0.227 e. The lowest BCUT2D eigenvalue weighted by molar-refractivity contribution is -0.118. The Morgan fingerprint density at radius 1 is 1.05 bits per heavy atom. The van der Waals surface area contributed by atoms with Crippen LogP contribution in [0.2, 0.25) is 5.02 Å². The van der Waals surface area contributed by atoms with Gasteiger partial charge in [0, 0.05) is 17.1 Å². The maximum atomic E-state index is 12.1. The number of carbonyl (C=O) groups excluding carboxylic acids is 1. The summed E-state index contributed by atoms with van der Waals surface area (Å²) in [5.74, 6) is 0.103. The Hall–Kier alpha value is -1.80. The van der Waals surface area contributed by atoms with E-state index in [0.717, 1.165) is 11.3 Å². The fraction of sp³-hybridized carbons (Fsp3) is 0.188. The average molecular weight is 274 g/mol. The van der Waals surface area contributed by atoms with Crippen LogP contribution in [0.3, 0.4) is 0 Å². The second kappa shape index (κ2) is 6.39. The van der Waals surface area contributed by atoms with Crippen LogP contribution in [0.4, 0.5) is 5.69 Å². The lowest BCUT2D eigenvalue weighted by atomic mass is 10.2. The van der Waals surface area contributed by atoms with Crippen LogP contribution < -0.4 is 4.90 Å². The van der Waals surface area contributed by atoms with Crippen LogP contribution in [0, 0.1) is 0 Å². The largest absolute Gasteiger partial charge is 0.308 e. The Kier molecular flexibility index (Phi) is 4.58. The van der Waals surface area contributed by atoms with Gasteiger partial charge in [-0.2, -0.15) is 0 Å². The summed E-state index contributed by atoms with van der Waals surface area (Å²) in [5.41, 5.74) is 1.99. The molecule has 0 fully saturated rings. The van der Waals surface area contributed by atoms with E-state index in [1.165, 1.54) is 0 Å². The molecule has 0 spiro atoms. The van der Waals surface area contributed by atoms with Crippen molar-refractivity contribution in [3.8, 4) is 0 Å². The van der Waals surface area contributed by atoms with Gasteiger partial charge in [0.05, 0.1) is 6.54 Å². The highest BCUT2D eigenvalue weighted by molar-refractivity contribution is 6.30. The molecule has 0 saturated carbocycles. The molecule has 0 aliphatic rings. The Morgan fingerprint density at radius 2 is 1.68 bits per heavy atom. The van der Waals surface area contributed by atoms with Gasteiger partial charge in [0.25, 0.3) is 0 Å². The first-order valence-corrected chi connectivity index (χ1v) is 6.68. The molecule has 2 aromatic carbocycles. The fourth-order valence-corrected chi connectivity index (χ4v) is 2.03. The normalized spacial score (nSPS) is 10.2. The topological polar surface area (TPSA) is 20.3 Å². The van der Waals surface area contributed by atoms with Gasteiger partial charge < -0.3 is 4.90 Å². The summed E-state index contributed by atoms with van der Waals surface area (Å²) < 4.78 is 0. The third-order valence-electron chi connectivity index (χ3n) is 2.93. The van der Waals surface area contributed by atoms with E-state index < -0.39 is 0 Å². The second-order valence-electron chi connectivity index (χ2n) is 4.30. The molecule has 0 aliphatic carbocycles. The summed E-state index contributed by atoms with van der Waals surface area (Å²) in [6, 6.07) is 17.3. The molecular formula is C16H16ClNO. The Morgan fingerprint density at radius 3 is 2.26 bits per heavy atom. The maximum absolute atomic E-state index is 12.1. The van der Waals surface area contributed by atoms with Crippen LogP contribution in [-0.2, 0) is 11.3 Å². The van der Waals surface area contributed by atoms with Crippen molar-refractivity contribution < 1.29 is 4.79 Å². The van der Waals surface area contributed by atoms with E-state index in [1.54, 1.807) is 17.0 Å². The van der Waals surface area contributed by atoms with E-state index in [9.17, 15) is 4.79 Å². The van der Waals surface area contributed by atoms with Crippen molar-refractivity contribution in [2.24, 2.45) is 0 Å². The van der Waals surface area contributed by atoms with Crippen molar-refractivity contribution in [3.63, 3.8) is 0 Å². The van der Waals surface area contributed by atoms with E-state index in [2.05, 4.69) is 0 Å². The molecule has 3 heteroatoms. The minimum absolute atomic E-state index is 0.103. The number of anilines is 1. The zero-order valence-corrected chi connectivity index (χ0v) is 11.6. The fourth-order valence-electron chi connectivity index (χ4n) is 1.90. The summed E-state index contributed by atoms with van der Waals surface area (Å²) in [5, 5.41) is 0.673. The van der Waals surface area contributed by atoms with E-state index in [-0.39, 0.29) is 5.91 Å². The summed E-state index contributed by atoms with van der Waals surface area (Å²) >= 11 is 5.89. The van der Waals surface area contributed by atoms with E-state index in [0.29, 0.717) is 18.0 Å². The van der Waals surface area contributed by atoms with Gasteiger partial charge in [0.1, 0.15) is 0 Å². The summed E-state index contributed by atoms with van der Waals surface area (Å²) in [6.07, 6.45) is 0.482. The highest BCUT2D eigenvalue weighted by Gasteiger charge is 2.14. The predicted octanol–water partition coefficient (Wildman–Crippen LogP) is 4.28. The Balaban J connectivity index is 2.26. The minimum Gasteiger partial charge on any atom is -0.308 e. The van der Waals surface area contributed by atoms with Crippen molar-refractivity contribution in [1.29, 1.82) is 0 Å². The molecule has 19 heavy (non-hydrogen) atoms. The highest BCUT2D eigenvalue weighted by atomic mass is 35.5. The molecular weight excluding hydrogens is 258 g/mol. The molecule has 0 aliphatic heterocycles. The third-order valence-corrected chi connectivity index (χ3v) is 3.18. The Labute approximate surface area is 118 Å². The first kappa shape index (κ1) is 13.6. The van der Waals surface area contributed by atoms with Gasteiger partial charge in [-0.3, -0.25) is 4.79 Å². The van der Waals surface area contributed by atoms with Crippen LogP contribution in [0.5, 0.6) is 0 Å². The van der Waals surface area contributed by atoms with Gasteiger partial charge >= 0.3 is 0 Å². The monoisotopic (exact) mass is 273 g/mol. The summed E-state index contributed by atoms with van der Waals surface area (Å²) in [6.45, 7) is 2.45. The number of halogens is 1. The number of benzene rings is 2. The van der Waals surface area contributed by atoms with Gasteiger partial charge in [-0.15, -0.1) is 0 Å². The van der Waals surface area contributed by atoms with Gasteiger partial charge in [0.15, 0.2) is 0 Å². The molecule has 0 aromatic heterocycles. The van der Waals surface area contributed by atoms with Crippen LogP contribution in [0.25, 0.3) is 0 Å². The lowest BCUT2D eigenvalue weighted by Crippen LogP contribution is -2.29. The second-order valence-corrected chi connectivity index (χ2v) is 4.73. The van der Waals surface area contributed by atoms with Gasteiger partial charge in [0.2, 0.25) is 5.91 Å². The van der Waals surface area contributed by atoms with Gasteiger partial charge in [-0.25, -0.2) is 0 Å². The first-order valence-electron chi connectivity index (χ1n) is 6.30. The van der Waals surface area contributed by atoms with Crippen molar-refractivity contribution in [3.05, 3.63) is 65.2 Å². The number of carbonyl (C=O) groups is 1. The smallest absolute Gasteiger partial charge is 0.227 e. The number of hydrogen-bond donors (Lipinski definition) is 0. The minimum atomic E-state index is 0.103. The third kappa shape index (κ3) is 3.58. The molecule has 0 radical (unpaired) electrons. The molecule has 0 saturated heterocycles. The van der Waals surface area contributed by atoms with Crippen LogP contribution >= 0.6 is 11.6 Å². The number of amides is 1. The predicted molar refractivity (Wildman–Crippen MR) is 79.4 cm³/mol. The molecule has 0 N–H and O–H groups in total. The first-order chi connectivity index (χ1) is 9.20. The van der Waals surface area contributed by atoms with Gasteiger partial charge in [-0.1, -0.05) is 48.9 Å². The molecule has 0 atom stereocenters. The zero-order chi connectivity index (χ0) is 13.7. The molecule has 98 valence electrons. The molecule has 2 nitrogen and oxygen atoms in total. The number of rotatable bonds is 4. The Bertz CT molecular complexity index is 536. The summed E-state index contributed by atoms with van der Waals surface area (Å²) in [4.78, 5) is 13.9. The van der Waals surface area contributed by atoms with Crippen molar-refractivity contribution in [1.82, 2.24) is 0 Å². The molecule has 2 rings (SSSR count). The lowest BCUT2D eigenvalue weighted by Gasteiger charge is -2.22. The number of nitrogens with zero attached hydrogens (tertiary/aromatic N) is 1. The molecule has 0 heterocycles. The number of hydrogen-bond acceptors (Lipinski definition) is 1. The van der Waals surface area contributed by atoms with Crippen LogP contribution in [-0.4, -0.2) is 5.91 Å². The van der Waals surface area contributed by atoms with Crippen molar-refractivity contribution in [2.45, 2.75) is 19.9 Å². The van der Waals surface area contributed by atoms with Gasteiger partial charge in [-0.05, 0) is 29.8 Å². The highest BCUT2D eigenvalue weighted by Crippen LogP contribution is 2.21. The molecule has 1 amide bonds. The molecule has 0 bridgehead atoms. The average Bonchev–Trinajstić information content (AvgIpc) is 2.46. The van der Waals surface area contributed by atoms with E-state index >= 15 is 0 Å². The van der Waals surface area contributed by atoms with E-state index in [1.807, 2.05) is 49.4 Å². The molecule has 2 aromatic rings. The van der Waals surface area contributed by atoms with Crippen molar-refractivity contribution >= 4 is 23.2 Å². The zero-order valence-electron chi connectivity index (χ0n) is 10.8. The SMILES string of the molecule is CCC(=O)N(Cc1ccccc1)c1ccc(Cl)cc1.